The number of carbonyl (C=O) groups excluding carboxylic acids is 1. The van der Waals surface area contributed by atoms with Gasteiger partial charge in [0.15, 0.2) is 5.65 Å². The van der Waals surface area contributed by atoms with E-state index in [4.69, 9.17) is 0 Å². The van der Waals surface area contributed by atoms with Gasteiger partial charge in [-0.2, -0.15) is 4.98 Å². The maximum Gasteiger partial charge on any atom is 0.355 e. The predicted octanol–water partition coefficient (Wildman–Crippen LogP) is 5.38. The lowest BCUT2D eigenvalue weighted by atomic mass is 9.98. The molecule has 1 aliphatic rings. The molecule has 0 bridgehead atoms. The summed E-state index contributed by atoms with van der Waals surface area (Å²) in [5, 5.41) is 0.325. The van der Waals surface area contributed by atoms with E-state index in [0.717, 1.165) is 11.1 Å². The van der Waals surface area contributed by atoms with Crippen LogP contribution in [0.15, 0.2) is 66.0 Å². The number of fused-ring (bicyclic) bond motifs is 1. The lowest BCUT2D eigenvalue weighted by Crippen LogP contribution is -2.54. The van der Waals surface area contributed by atoms with Crippen molar-refractivity contribution < 1.29 is 13.6 Å². The molecule has 1 atom stereocenters. The fraction of sp³-hybridized carbons (Fsp3) is 0.290. The minimum atomic E-state index is -0.729. The average Bonchev–Trinajstić information content (AvgIpc) is 2.93. The van der Waals surface area contributed by atoms with Crippen LogP contribution >= 0.6 is 0 Å². The van der Waals surface area contributed by atoms with Gasteiger partial charge >= 0.3 is 5.69 Å². The molecule has 9 heteroatoms. The van der Waals surface area contributed by atoms with Crippen LogP contribution < -0.4 is 10.6 Å². The lowest BCUT2D eigenvalue weighted by Gasteiger charge is -2.40. The molecule has 2 aromatic heterocycles. The Morgan fingerprint density at radius 2 is 1.82 bits per heavy atom. The molecule has 0 unspecified atom stereocenters. The van der Waals surface area contributed by atoms with Crippen LogP contribution in [0.1, 0.15) is 37.8 Å². The highest BCUT2D eigenvalue weighted by atomic mass is 19.1. The van der Waals surface area contributed by atoms with Gasteiger partial charge in [0.05, 0.1) is 11.1 Å². The summed E-state index contributed by atoms with van der Waals surface area (Å²) in [6.07, 6.45) is 1.27. The van der Waals surface area contributed by atoms with Crippen LogP contribution in [0.25, 0.3) is 28.0 Å². The molecule has 0 radical (unpaired) electrons. The van der Waals surface area contributed by atoms with Crippen molar-refractivity contribution in [2.45, 2.75) is 39.7 Å². The van der Waals surface area contributed by atoms with E-state index in [2.05, 4.69) is 16.5 Å². The third-order valence-electron chi connectivity index (χ3n) is 7.43. The van der Waals surface area contributed by atoms with Crippen LogP contribution in [-0.2, 0) is 4.79 Å². The summed E-state index contributed by atoms with van der Waals surface area (Å²) in [7, 11) is 0. The highest BCUT2D eigenvalue weighted by Gasteiger charge is 2.30. The monoisotopic (exact) mass is 543 g/mol. The number of rotatable bonds is 5. The second-order valence-corrected chi connectivity index (χ2v) is 10.4. The largest absolute Gasteiger partial charge is 0.355 e. The van der Waals surface area contributed by atoms with Crippen molar-refractivity contribution in [1.82, 2.24) is 19.4 Å². The standard InChI is InChI=1S/C31H31F2N5O2/c1-6-26(39)36-14-15-37(20(5)17-36)29-23-16-25(33)27(22-11-7-8-13-24(22)32)34-30(23)38(31(40)35-29)28-19(4)10-9-12-21(28)18(2)3/h6-13,16,18,20H,1,14-15,17H2,2-5H3/t20-/m0/s1. The maximum absolute atomic E-state index is 15.7. The molecular weight excluding hydrogens is 512 g/mol. The molecule has 4 aromatic rings. The minimum absolute atomic E-state index is 0.00181. The first-order valence-electron chi connectivity index (χ1n) is 13.3. The van der Waals surface area contributed by atoms with E-state index in [9.17, 15) is 14.0 Å². The summed E-state index contributed by atoms with van der Waals surface area (Å²) in [5.74, 6) is -1.18. The summed E-state index contributed by atoms with van der Waals surface area (Å²) in [6, 6.07) is 12.7. The van der Waals surface area contributed by atoms with Gasteiger partial charge in [0.2, 0.25) is 5.91 Å². The van der Waals surface area contributed by atoms with E-state index in [1.807, 2.05) is 50.8 Å². The van der Waals surface area contributed by atoms with Crippen molar-refractivity contribution in [3.05, 3.63) is 94.4 Å². The Kier molecular flexibility index (Phi) is 7.23. The number of pyridine rings is 1. The van der Waals surface area contributed by atoms with Crippen molar-refractivity contribution in [2.24, 2.45) is 0 Å². The van der Waals surface area contributed by atoms with Crippen molar-refractivity contribution in [3.8, 4) is 16.9 Å². The predicted molar refractivity (Wildman–Crippen MR) is 153 cm³/mol. The number of aromatic nitrogens is 3. The molecule has 1 amide bonds. The van der Waals surface area contributed by atoms with Gasteiger partial charge in [-0.3, -0.25) is 4.79 Å². The Bertz CT molecular complexity index is 1700. The fourth-order valence-corrected chi connectivity index (χ4v) is 5.42. The van der Waals surface area contributed by atoms with Crippen molar-refractivity contribution >= 4 is 22.8 Å². The second kappa shape index (κ2) is 10.6. The number of piperazine rings is 1. The zero-order valence-corrected chi connectivity index (χ0v) is 23.0. The molecule has 2 aromatic carbocycles. The number of anilines is 1. The molecule has 0 saturated carbocycles. The second-order valence-electron chi connectivity index (χ2n) is 10.4. The van der Waals surface area contributed by atoms with Crippen molar-refractivity contribution in [1.29, 1.82) is 0 Å². The molecule has 1 fully saturated rings. The summed E-state index contributed by atoms with van der Waals surface area (Å²) in [5.41, 5.74) is 1.77. The van der Waals surface area contributed by atoms with Crippen LogP contribution in [0.5, 0.6) is 0 Å². The molecule has 40 heavy (non-hydrogen) atoms. The third kappa shape index (κ3) is 4.65. The van der Waals surface area contributed by atoms with Gasteiger partial charge in [0.25, 0.3) is 0 Å². The van der Waals surface area contributed by atoms with Gasteiger partial charge in [-0.25, -0.2) is 23.1 Å². The average molecular weight is 544 g/mol. The Morgan fingerprint density at radius 3 is 2.50 bits per heavy atom. The molecular formula is C31H31F2N5O2. The van der Waals surface area contributed by atoms with Gasteiger partial charge in [0.1, 0.15) is 23.1 Å². The Balaban J connectivity index is 1.81. The molecule has 1 saturated heterocycles. The molecule has 0 N–H and O–H groups in total. The smallest absolute Gasteiger partial charge is 0.350 e. The van der Waals surface area contributed by atoms with Gasteiger partial charge in [-0.1, -0.05) is 50.8 Å². The summed E-state index contributed by atoms with van der Waals surface area (Å²) < 4.78 is 32.0. The third-order valence-corrected chi connectivity index (χ3v) is 7.43. The normalized spacial score (nSPS) is 15.6. The zero-order chi connectivity index (χ0) is 28.7. The Labute approximate surface area is 231 Å². The number of aryl methyl sites for hydroxylation is 1. The molecule has 1 aliphatic heterocycles. The van der Waals surface area contributed by atoms with Gasteiger partial charge in [0, 0.05) is 31.2 Å². The van der Waals surface area contributed by atoms with Gasteiger partial charge < -0.3 is 9.80 Å². The van der Waals surface area contributed by atoms with Gasteiger partial charge in [-0.15, -0.1) is 0 Å². The molecule has 3 heterocycles. The highest BCUT2D eigenvalue weighted by molar-refractivity contribution is 5.91. The quantitative estimate of drug-likeness (QED) is 0.316. The number of hydrogen-bond donors (Lipinski definition) is 0. The fourth-order valence-electron chi connectivity index (χ4n) is 5.42. The number of para-hydroxylation sites is 1. The molecule has 206 valence electrons. The van der Waals surface area contributed by atoms with Crippen LogP contribution in [-0.4, -0.2) is 51.0 Å². The summed E-state index contributed by atoms with van der Waals surface area (Å²) >= 11 is 0. The van der Waals surface area contributed by atoms with Crippen LogP contribution in [0.4, 0.5) is 14.6 Å². The molecule has 5 rings (SSSR count). The highest BCUT2D eigenvalue weighted by Crippen LogP contribution is 2.34. The first kappa shape index (κ1) is 27.2. The molecule has 7 nitrogen and oxygen atoms in total. The number of carbonyl (C=O) groups is 1. The summed E-state index contributed by atoms with van der Waals surface area (Å²) in [6.45, 7) is 12.6. The van der Waals surface area contributed by atoms with E-state index in [1.165, 1.54) is 34.9 Å². The number of hydrogen-bond acceptors (Lipinski definition) is 5. The lowest BCUT2D eigenvalue weighted by molar-refractivity contribution is -0.126. The molecule has 0 spiro atoms. The van der Waals surface area contributed by atoms with Crippen molar-refractivity contribution in [3.63, 3.8) is 0 Å². The van der Waals surface area contributed by atoms with E-state index in [-0.39, 0.29) is 40.6 Å². The SMILES string of the molecule is C=CC(=O)N1CCN(c2nc(=O)n(-c3c(C)cccc3C(C)C)c3nc(-c4ccccc4F)c(F)cc23)[C@@H](C)C1. The first-order chi connectivity index (χ1) is 19.1. The van der Waals surface area contributed by atoms with E-state index < -0.39 is 17.3 Å². The number of benzene rings is 2. The minimum Gasteiger partial charge on any atom is -0.350 e. The topological polar surface area (TPSA) is 71.3 Å². The van der Waals surface area contributed by atoms with Crippen LogP contribution in [0.3, 0.4) is 0 Å². The Hall–Kier alpha value is -4.40. The number of nitrogens with zero attached hydrogens (tertiary/aromatic N) is 5. The van der Waals surface area contributed by atoms with E-state index in [0.29, 0.717) is 30.7 Å². The zero-order valence-electron chi connectivity index (χ0n) is 23.0. The van der Waals surface area contributed by atoms with E-state index in [1.54, 1.807) is 11.0 Å². The first-order valence-corrected chi connectivity index (χ1v) is 13.3. The van der Waals surface area contributed by atoms with Gasteiger partial charge in [-0.05, 0) is 55.2 Å². The molecule has 0 aliphatic carbocycles. The number of halogens is 2. The maximum atomic E-state index is 15.7. The van der Waals surface area contributed by atoms with Crippen LogP contribution in [0.2, 0.25) is 0 Å². The van der Waals surface area contributed by atoms with Crippen LogP contribution in [0, 0.1) is 18.6 Å². The van der Waals surface area contributed by atoms with Crippen molar-refractivity contribution in [2.75, 3.05) is 24.5 Å². The Morgan fingerprint density at radius 1 is 1.07 bits per heavy atom. The summed E-state index contributed by atoms with van der Waals surface area (Å²) in [4.78, 5) is 38.8. The van der Waals surface area contributed by atoms with E-state index >= 15 is 4.39 Å². The number of amides is 1.